The molecule has 8 heteroatoms. The van der Waals surface area contributed by atoms with Crippen LogP contribution in [0.1, 0.15) is 5.69 Å². The maximum atomic E-state index is 12.2. The summed E-state index contributed by atoms with van der Waals surface area (Å²) in [6.07, 6.45) is 3.73. The largest absolute Gasteiger partial charge is 0.497 e. The van der Waals surface area contributed by atoms with E-state index in [0.717, 1.165) is 11.3 Å². The zero-order chi connectivity index (χ0) is 16.4. The summed E-state index contributed by atoms with van der Waals surface area (Å²) in [6, 6.07) is 8.25. The van der Waals surface area contributed by atoms with E-state index in [9.17, 15) is 8.42 Å². The van der Waals surface area contributed by atoms with E-state index >= 15 is 0 Å². The molecule has 0 aliphatic heterocycles. The predicted molar refractivity (Wildman–Crippen MR) is 86.1 cm³/mol. The number of hydrogen-bond acceptors (Lipinski definition) is 4. The van der Waals surface area contributed by atoms with E-state index in [4.69, 9.17) is 4.74 Å². The Bertz CT molecular complexity index is 910. The first-order chi connectivity index (χ1) is 11.0. The molecule has 3 rings (SSSR count). The zero-order valence-electron chi connectivity index (χ0n) is 12.9. The summed E-state index contributed by atoms with van der Waals surface area (Å²) in [5.41, 5.74) is 1.86. The van der Waals surface area contributed by atoms with Gasteiger partial charge in [0, 0.05) is 31.5 Å². The Morgan fingerprint density at radius 3 is 2.65 bits per heavy atom. The maximum absolute atomic E-state index is 12.2. The van der Waals surface area contributed by atoms with Gasteiger partial charge in [-0.3, -0.25) is 0 Å². The van der Waals surface area contributed by atoms with E-state index in [-0.39, 0.29) is 4.90 Å². The summed E-state index contributed by atoms with van der Waals surface area (Å²) in [5.74, 6) is 0.620. The lowest BCUT2D eigenvalue weighted by Crippen LogP contribution is -2.27. The van der Waals surface area contributed by atoms with Gasteiger partial charge in [-0.25, -0.2) is 17.7 Å². The second-order valence-electron chi connectivity index (χ2n) is 5.15. The van der Waals surface area contributed by atoms with Crippen molar-refractivity contribution in [2.24, 2.45) is 0 Å². The molecule has 1 aromatic carbocycles. The highest BCUT2D eigenvalue weighted by Gasteiger charge is 2.13. The first kappa shape index (κ1) is 15.6. The predicted octanol–water partition coefficient (Wildman–Crippen LogP) is 1.43. The third-order valence-corrected chi connectivity index (χ3v) is 5.01. The molecule has 0 radical (unpaired) electrons. The first-order valence-corrected chi connectivity index (χ1v) is 8.63. The highest BCUT2D eigenvalue weighted by molar-refractivity contribution is 7.89. The van der Waals surface area contributed by atoms with Gasteiger partial charge >= 0.3 is 0 Å². The van der Waals surface area contributed by atoms with Gasteiger partial charge in [0.05, 0.1) is 17.7 Å². The number of nitrogens with one attached hydrogen (secondary N) is 1. The Morgan fingerprint density at radius 2 is 1.96 bits per heavy atom. The van der Waals surface area contributed by atoms with E-state index in [2.05, 4.69) is 9.82 Å². The van der Waals surface area contributed by atoms with Crippen LogP contribution >= 0.6 is 0 Å². The van der Waals surface area contributed by atoms with Gasteiger partial charge in [-0.15, -0.1) is 0 Å². The van der Waals surface area contributed by atoms with Gasteiger partial charge in [-0.05, 0) is 31.2 Å². The van der Waals surface area contributed by atoms with Gasteiger partial charge in [-0.1, -0.05) is 0 Å². The normalized spacial score (nSPS) is 11.9. The van der Waals surface area contributed by atoms with Crippen molar-refractivity contribution in [2.75, 3.05) is 13.7 Å². The van der Waals surface area contributed by atoms with Gasteiger partial charge in [0.15, 0.2) is 0 Å². The summed E-state index contributed by atoms with van der Waals surface area (Å²) >= 11 is 0. The highest BCUT2D eigenvalue weighted by atomic mass is 32.2. The number of aromatic nitrogens is 3. The van der Waals surface area contributed by atoms with Crippen LogP contribution in [0.5, 0.6) is 5.75 Å². The summed E-state index contributed by atoms with van der Waals surface area (Å²) in [5, 5.41) is 4.30. The standard InChI is InChI=1S/C15H18N4O3S/c1-12-11-15-18(9-10-19(15)17-12)8-7-16-23(20,21)14-5-3-13(22-2)4-6-14/h3-6,9-11,16H,7-8H2,1-2H3. The Labute approximate surface area is 134 Å². The Kier molecular flexibility index (Phi) is 4.10. The lowest BCUT2D eigenvalue weighted by Gasteiger charge is -2.08. The molecule has 0 saturated heterocycles. The molecule has 0 fully saturated rings. The van der Waals surface area contributed by atoms with Gasteiger partial charge in [0.1, 0.15) is 11.4 Å². The van der Waals surface area contributed by atoms with E-state index in [1.54, 1.807) is 16.6 Å². The number of sulfonamides is 1. The molecule has 7 nitrogen and oxygen atoms in total. The number of methoxy groups -OCH3 is 1. The van der Waals surface area contributed by atoms with Crippen LogP contribution < -0.4 is 9.46 Å². The molecule has 23 heavy (non-hydrogen) atoms. The quantitative estimate of drug-likeness (QED) is 0.740. The van der Waals surface area contributed by atoms with E-state index in [1.165, 1.54) is 19.2 Å². The van der Waals surface area contributed by atoms with Crippen LogP contribution in [0.4, 0.5) is 0 Å². The van der Waals surface area contributed by atoms with Crippen LogP contribution in [0.3, 0.4) is 0 Å². The summed E-state index contributed by atoms with van der Waals surface area (Å²) in [4.78, 5) is 0.219. The SMILES string of the molecule is COc1ccc(S(=O)(=O)NCCn2ccn3nc(C)cc23)cc1. The lowest BCUT2D eigenvalue weighted by molar-refractivity contribution is 0.414. The third-order valence-electron chi connectivity index (χ3n) is 3.53. The van der Waals surface area contributed by atoms with Crippen LogP contribution in [0.25, 0.3) is 5.65 Å². The maximum Gasteiger partial charge on any atom is 0.240 e. The topological polar surface area (TPSA) is 77.6 Å². The van der Waals surface area contributed by atoms with Crippen molar-refractivity contribution < 1.29 is 13.2 Å². The molecule has 0 atom stereocenters. The van der Waals surface area contributed by atoms with Gasteiger partial charge in [0.25, 0.3) is 0 Å². The molecule has 0 bridgehead atoms. The smallest absolute Gasteiger partial charge is 0.240 e. The highest BCUT2D eigenvalue weighted by Crippen LogP contribution is 2.15. The molecule has 1 N–H and O–H groups in total. The van der Waals surface area contributed by atoms with Crippen molar-refractivity contribution in [3.8, 4) is 5.75 Å². The molecule has 3 aromatic rings. The molecule has 122 valence electrons. The molecule has 0 saturated carbocycles. The second-order valence-corrected chi connectivity index (χ2v) is 6.92. The fourth-order valence-electron chi connectivity index (χ4n) is 2.37. The Balaban J connectivity index is 1.66. The van der Waals surface area contributed by atoms with Crippen LogP contribution in [0, 0.1) is 6.92 Å². The average molecular weight is 334 g/mol. The molecule has 0 amide bonds. The van der Waals surface area contributed by atoms with Gasteiger partial charge < -0.3 is 9.30 Å². The number of fused-ring (bicyclic) bond motifs is 1. The summed E-state index contributed by atoms with van der Waals surface area (Å²) < 4.78 is 35.9. The van der Waals surface area contributed by atoms with Crippen LogP contribution in [0.2, 0.25) is 0 Å². The van der Waals surface area contributed by atoms with Gasteiger partial charge in [-0.2, -0.15) is 5.10 Å². The molecular weight excluding hydrogens is 316 g/mol. The molecular formula is C15H18N4O3S. The molecule has 0 spiro atoms. The summed E-state index contributed by atoms with van der Waals surface area (Å²) in [7, 11) is -1.99. The monoisotopic (exact) mass is 334 g/mol. The number of rotatable bonds is 6. The minimum Gasteiger partial charge on any atom is -0.497 e. The van der Waals surface area contributed by atoms with Crippen molar-refractivity contribution in [3.63, 3.8) is 0 Å². The number of aryl methyl sites for hydroxylation is 1. The fourth-order valence-corrected chi connectivity index (χ4v) is 3.40. The fraction of sp³-hybridized carbons (Fsp3) is 0.267. The first-order valence-electron chi connectivity index (χ1n) is 7.14. The zero-order valence-corrected chi connectivity index (χ0v) is 13.7. The summed E-state index contributed by atoms with van der Waals surface area (Å²) in [6.45, 7) is 2.74. The second kappa shape index (κ2) is 6.05. The number of hydrogen-bond donors (Lipinski definition) is 1. The number of imidazole rings is 1. The molecule has 0 aliphatic rings. The molecule has 2 aromatic heterocycles. The van der Waals surface area contributed by atoms with Crippen molar-refractivity contribution >= 4 is 15.7 Å². The average Bonchev–Trinajstić information content (AvgIpc) is 3.07. The minimum absolute atomic E-state index is 0.219. The number of benzene rings is 1. The molecule has 0 aliphatic carbocycles. The third kappa shape index (κ3) is 3.22. The van der Waals surface area contributed by atoms with E-state index < -0.39 is 10.0 Å². The number of ether oxygens (including phenoxy) is 1. The molecule has 0 unspecified atom stereocenters. The molecule has 2 heterocycles. The van der Waals surface area contributed by atoms with Gasteiger partial charge in [0.2, 0.25) is 10.0 Å². The van der Waals surface area contributed by atoms with Crippen LogP contribution in [-0.4, -0.2) is 36.3 Å². The van der Waals surface area contributed by atoms with Crippen LogP contribution in [0.15, 0.2) is 47.6 Å². The minimum atomic E-state index is -3.53. The Morgan fingerprint density at radius 1 is 1.22 bits per heavy atom. The number of nitrogens with zero attached hydrogens (tertiary/aromatic N) is 3. The van der Waals surface area contributed by atoms with Crippen molar-refractivity contribution in [3.05, 3.63) is 48.4 Å². The van der Waals surface area contributed by atoms with E-state index in [1.807, 2.05) is 30.0 Å². The van der Waals surface area contributed by atoms with Crippen molar-refractivity contribution in [2.45, 2.75) is 18.4 Å². The Hall–Kier alpha value is -2.32. The van der Waals surface area contributed by atoms with Crippen molar-refractivity contribution in [1.29, 1.82) is 0 Å². The van der Waals surface area contributed by atoms with E-state index in [0.29, 0.717) is 18.8 Å². The van der Waals surface area contributed by atoms with Crippen molar-refractivity contribution in [1.82, 2.24) is 18.9 Å². The van der Waals surface area contributed by atoms with Crippen LogP contribution in [-0.2, 0) is 16.6 Å². The lowest BCUT2D eigenvalue weighted by atomic mass is 10.3.